The van der Waals surface area contributed by atoms with Gasteiger partial charge in [0.15, 0.2) is 0 Å². The van der Waals surface area contributed by atoms with Gasteiger partial charge in [-0.2, -0.15) is 0 Å². The molecule has 3 N–H and O–H groups in total. The third-order valence-corrected chi connectivity index (χ3v) is 4.66. The van der Waals surface area contributed by atoms with Gasteiger partial charge in [-0.05, 0) is 61.5 Å². The highest BCUT2D eigenvalue weighted by Crippen LogP contribution is 2.26. The summed E-state index contributed by atoms with van der Waals surface area (Å²) in [7, 11) is -3.79. The number of hydrogen-bond acceptors (Lipinski definition) is 4. The molecule has 2 aromatic carbocycles. The van der Waals surface area contributed by atoms with Crippen LogP contribution in [0.1, 0.15) is 16.1 Å². The summed E-state index contributed by atoms with van der Waals surface area (Å²) in [5, 5.41) is 7.69. The van der Waals surface area contributed by atoms with Gasteiger partial charge >= 0.3 is 0 Å². The molecule has 0 fully saturated rings. The van der Waals surface area contributed by atoms with Crippen molar-refractivity contribution in [3.8, 4) is 11.3 Å². The topological polar surface area (TPSA) is 102 Å². The number of hydrogen-bond donors (Lipinski definition) is 2. The van der Waals surface area contributed by atoms with Gasteiger partial charge < -0.3 is 9.73 Å². The van der Waals surface area contributed by atoms with E-state index in [-0.39, 0.29) is 10.7 Å². The third kappa shape index (κ3) is 3.81. The molecule has 26 heavy (non-hydrogen) atoms. The lowest BCUT2D eigenvalue weighted by Gasteiger charge is -2.05. The number of carbonyl (C=O) groups excluding carboxylic acids is 1. The second-order valence-electron chi connectivity index (χ2n) is 5.61. The Kier molecular flexibility index (Phi) is 4.62. The fourth-order valence-corrected chi connectivity index (χ4v) is 2.91. The van der Waals surface area contributed by atoms with E-state index in [2.05, 4.69) is 5.32 Å². The maximum Gasteiger partial charge on any atom is 0.259 e. The summed E-state index contributed by atoms with van der Waals surface area (Å²) in [5.74, 6) is 0.0705. The highest BCUT2D eigenvalue weighted by atomic mass is 32.2. The summed E-state index contributed by atoms with van der Waals surface area (Å²) < 4.78 is 41.1. The summed E-state index contributed by atoms with van der Waals surface area (Å²) in [5.41, 5.74) is 1.37. The Bertz CT molecular complexity index is 1060. The van der Waals surface area contributed by atoms with Crippen LogP contribution in [0.5, 0.6) is 0 Å². The molecular formula is C18H15FN2O4S. The molecule has 0 aliphatic carbocycles. The Labute approximate surface area is 149 Å². The number of furan rings is 1. The lowest BCUT2D eigenvalue weighted by Crippen LogP contribution is -2.14. The first-order valence-electron chi connectivity index (χ1n) is 7.54. The number of sulfonamides is 1. The first-order valence-corrected chi connectivity index (χ1v) is 9.09. The van der Waals surface area contributed by atoms with E-state index >= 15 is 0 Å². The number of primary sulfonamides is 1. The van der Waals surface area contributed by atoms with Crippen molar-refractivity contribution in [3.63, 3.8) is 0 Å². The highest BCUT2D eigenvalue weighted by molar-refractivity contribution is 7.89. The van der Waals surface area contributed by atoms with Gasteiger partial charge in [0.05, 0.1) is 10.5 Å². The average molecular weight is 374 g/mol. The number of benzene rings is 2. The van der Waals surface area contributed by atoms with Crippen LogP contribution in [0, 0.1) is 12.7 Å². The van der Waals surface area contributed by atoms with E-state index in [9.17, 15) is 17.6 Å². The molecule has 0 atom stereocenters. The zero-order valence-corrected chi connectivity index (χ0v) is 14.5. The van der Waals surface area contributed by atoms with Crippen molar-refractivity contribution in [1.82, 2.24) is 0 Å². The quantitative estimate of drug-likeness (QED) is 0.731. The van der Waals surface area contributed by atoms with Gasteiger partial charge in [0.25, 0.3) is 5.91 Å². The van der Waals surface area contributed by atoms with Crippen LogP contribution in [-0.4, -0.2) is 14.3 Å². The van der Waals surface area contributed by atoms with E-state index < -0.39 is 15.9 Å². The van der Waals surface area contributed by atoms with Crippen molar-refractivity contribution in [2.45, 2.75) is 11.8 Å². The largest absolute Gasteiger partial charge is 0.461 e. The van der Waals surface area contributed by atoms with Crippen molar-refractivity contribution < 1.29 is 22.0 Å². The summed E-state index contributed by atoms with van der Waals surface area (Å²) in [6, 6.07) is 12.8. The van der Waals surface area contributed by atoms with Gasteiger partial charge in [-0.3, -0.25) is 4.79 Å². The normalized spacial score (nSPS) is 11.3. The Morgan fingerprint density at radius 2 is 1.69 bits per heavy atom. The van der Waals surface area contributed by atoms with Crippen molar-refractivity contribution in [2.75, 3.05) is 5.32 Å². The van der Waals surface area contributed by atoms with Gasteiger partial charge in [0, 0.05) is 11.3 Å². The fourth-order valence-electron chi connectivity index (χ4n) is 2.39. The molecule has 0 spiro atoms. The third-order valence-electron chi connectivity index (χ3n) is 3.73. The molecule has 0 unspecified atom stereocenters. The van der Waals surface area contributed by atoms with Crippen LogP contribution in [0.2, 0.25) is 0 Å². The number of nitrogens with one attached hydrogen (secondary N) is 1. The van der Waals surface area contributed by atoms with Crippen LogP contribution in [0.3, 0.4) is 0 Å². The van der Waals surface area contributed by atoms with E-state index in [0.717, 1.165) is 0 Å². The number of carbonyl (C=O) groups is 1. The predicted molar refractivity (Wildman–Crippen MR) is 94.6 cm³/mol. The van der Waals surface area contributed by atoms with Crippen molar-refractivity contribution in [1.29, 1.82) is 0 Å². The second kappa shape index (κ2) is 6.74. The van der Waals surface area contributed by atoms with Gasteiger partial charge in [0.2, 0.25) is 10.0 Å². The first kappa shape index (κ1) is 17.8. The highest BCUT2D eigenvalue weighted by Gasteiger charge is 2.16. The minimum Gasteiger partial charge on any atom is -0.461 e. The lowest BCUT2D eigenvalue weighted by molar-refractivity contribution is 0.102. The molecule has 0 radical (unpaired) electrons. The molecule has 0 saturated heterocycles. The zero-order valence-electron chi connectivity index (χ0n) is 13.7. The van der Waals surface area contributed by atoms with Gasteiger partial charge in [0.1, 0.15) is 17.3 Å². The Hall–Kier alpha value is -2.97. The minimum absolute atomic E-state index is 0.0476. The molecule has 0 saturated carbocycles. The summed E-state index contributed by atoms with van der Waals surface area (Å²) in [6.45, 7) is 1.64. The summed E-state index contributed by atoms with van der Waals surface area (Å²) >= 11 is 0. The van der Waals surface area contributed by atoms with Crippen molar-refractivity contribution >= 4 is 21.6 Å². The van der Waals surface area contributed by atoms with E-state index in [1.54, 1.807) is 25.1 Å². The molecule has 3 aromatic rings. The standard InChI is InChI=1S/C18H15FN2O4S/c1-11-16(10-17(25-11)12-2-4-13(19)5-3-12)18(22)21-14-6-8-15(9-7-14)26(20,23)24/h2-10H,1H3,(H,21,22)(H2,20,23,24). The number of rotatable bonds is 4. The smallest absolute Gasteiger partial charge is 0.259 e. The van der Waals surface area contributed by atoms with E-state index in [4.69, 9.17) is 9.56 Å². The van der Waals surface area contributed by atoms with Gasteiger partial charge in [-0.25, -0.2) is 17.9 Å². The van der Waals surface area contributed by atoms with Crippen molar-refractivity contribution in [3.05, 3.63) is 71.7 Å². The lowest BCUT2D eigenvalue weighted by atomic mass is 10.1. The number of halogens is 1. The molecule has 6 nitrogen and oxygen atoms in total. The molecular weight excluding hydrogens is 359 g/mol. The number of aryl methyl sites for hydroxylation is 1. The zero-order chi connectivity index (χ0) is 18.9. The van der Waals surface area contributed by atoms with Crippen LogP contribution >= 0.6 is 0 Å². The minimum atomic E-state index is -3.79. The fraction of sp³-hybridized carbons (Fsp3) is 0.0556. The molecule has 0 aliphatic rings. The molecule has 3 rings (SSSR count). The van der Waals surface area contributed by atoms with Gasteiger partial charge in [-0.15, -0.1) is 0 Å². The molecule has 8 heteroatoms. The number of nitrogens with two attached hydrogens (primary N) is 1. The maximum atomic E-state index is 13.0. The summed E-state index contributed by atoms with van der Waals surface area (Å²) in [6.07, 6.45) is 0. The monoisotopic (exact) mass is 374 g/mol. The van der Waals surface area contributed by atoms with E-state index in [1.165, 1.54) is 36.4 Å². The average Bonchev–Trinajstić information content (AvgIpc) is 2.97. The van der Waals surface area contributed by atoms with Crippen LogP contribution in [-0.2, 0) is 10.0 Å². The summed E-state index contributed by atoms with van der Waals surface area (Å²) in [4.78, 5) is 12.4. The van der Waals surface area contributed by atoms with Crippen LogP contribution in [0.4, 0.5) is 10.1 Å². The SMILES string of the molecule is Cc1oc(-c2ccc(F)cc2)cc1C(=O)Nc1ccc(S(N)(=O)=O)cc1. The number of anilines is 1. The molecule has 134 valence electrons. The Morgan fingerprint density at radius 3 is 2.27 bits per heavy atom. The van der Waals surface area contributed by atoms with E-state index in [0.29, 0.717) is 28.3 Å². The van der Waals surface area contributed by atoms with Crippen LogP contribution in [0.25, 0.3) is 11.3 Å². The second-order valence-corrected chi connectivity index (χ2v) is 7.17. The molecule has 0 aliphatic heterocycles. The maximum absolute atomic E-state index is 13.0. The Balaban J connectivity index is 1.81. The molecule has 1 heterocycles. The van der Waals surface area contributed by atoms with Crippen LogP contribution < -0.4 is 10.5 Å². The molecule has 0 bridgehead atoms. The van der Waals surface area contributed by atoms with Gasteiger partial charge in [-0.1, -0.05) is 0 Å². The molecule has 1 aromatic heterocycles. The first-order chi connectivity index (χ1) is 12.2. The predicted octanol–water partition coefficient (Wildman–Crippen LogP) is 3.29. The van der Waals surface area contributed by atoms with Crippen molar-refractivity contribution in [2.24, 2.45) is 5.14 Å². The number of amides is 1. The van der Waals surface area contributed by atoms with E-state index in [1.807, 2.05) is 0 Å². The van der Waals surface area contributed by atoms with Crippen LogP contribution in [0.15, 0.2) is 63.9 Å². The molecule has 1 amide bonds. The Morgan fingerprint density at radius 1 is 1.08 bits per heavy atom.